The fourth-order valence-electron chi connectivity index (χ4n) is 1.51. The van der Waals surface area contributed by atoms with E-state index in [4.69, 9.17) is 5.84 Å². The number of carbonyl (C=O) groups is 1. The number of carbonyl (C=O) groups excluding carboxylic acids is 1. The van der Waals surface area contributed by atoms with Gasteiger partial charge in [0.15, 0.2) is 5.82 Å². The summed E-state index contributed by atoms with van der Waals surface area (Å²) >= 11 is 0. The Kier molecular flexibility index (Phi) is 4.04. The maximum Gasteiger partial charge on any atom is 0.271 e. The van der Waals surface area contributed by atoms with Crippen LogP contribution < -0.4 is 16.6 Å². The van der Waals surface area contributed by atoms with E-state index in [1.54, 1.807) is 10.9 Å². The van der Waals surface area contributed by atoms with Crippen LogP contribution in [0.3, 0.4) is 0 Å². The normalized spacial score (nSPS) is 10.2. The van der Waals surface area contributed by atoms with E-state index in [-0.39, 0.29) is 11.6 Å². The van der Waals surface area contributed by atoms with Gasteiger partial charge in [-0.2, -0.15) is 5.10 Å². The quantitative estimate of drug-likeness (QED) is 0.503. The van der Waals surface area contributed by atoms with Gasteiger partial charge < -0.3 is 10.7 Å². The predicted octanol–water partition coefficient (Wildman–Crippen LogP) is -0.303. The Hall–Kier alpha value is -2.48. The Morgan fingerprint density at radius 1 is 1.42 bits per heavy atom. The maximum absolute atomic E-state index is 11.8. The smallest absolute Gasteiger partial charge is 0.271 e. The summed E-state index contributed by atoms with van der Waals surface area (Å²) in [5.41, 5.74) is 3.64. The molecule has 0 aliphatic carbocycles. The second-order valence-corrected chi connectivity index (χ2v) is 3.97. The number of hydrazine groups is 1. The molecular weight excluding hydrogens is 246 g/mol. The van der Waals surface area contributed by atoms with E-state index >= 15 is 0 Å². The average molecular weight is 261 g/mol. The van der Waals surface area contributed by atoms with E-state index in [1.807, 2.05) is 13.1 Å². The van der Waals surface area contributed by atoms with Crippen molar-refractivity contribution in [2.75, 3.05) is 12.0 Å². The van der Waals surface area contributed by atoms with E-state index < -0.39 is 0 Å². The zero-order valence-corrected chi connectivity index (χ0v) is 10.5. The number of hydrogen-bond acceptors (Lipinski definition) is 6. The molecule has 0 aliphatic heterocycles. The van der Waals surface area contributed by atoms with Crippen molar-refractivity contribution in [2.24, 2.45) is 5.84 Å². The summed E-state index contributed by atoms with van der Waals surface area (Å²) in [5.74, 6) is 5.25. The van der Waals surface area contributed by atoms with Crippen molar-refractivity contribution in [3.63, 3.8) is 0 Å². The fraction of sp³-hybridized carbons (Fsp3) is 0.273. The first-order valence-corrected chi connectivity index (χ1v) is 5.75. The number of nitrogens with two attached hydrogens (primary N) is 1. The highest BCUT2D eigenvalue weighted by molar-refractivity contribution is 5.92. The first-order valence-electron chi connectivity index (χ1n) is 5.75. The number of rotatable bonds is 5. The highest BCUT2D eigenvalue weighted by Gasteiger charge is 2.07. The van der Waals surface area contributed by atoms with Crippen LogP contribution >= 0.6 is 0 Å². The van der Waals surface area contributed by atoms with Gasteiger partial charge in [-0.25, -0.2) is 10.8 Å². The van der Waals surface area contributed by atoms with E-state index in [0.717, 1.165) is 5.56 Å². The highest BCUT2D eigenvalue weighted by atomic mass is 16.1. The number of aromatic nitrogens is 4. The van der Waals surface area contributed by atoms with Crippen LogP contribution in [0.5, 0.6) is 0 Å². The zero-order valence-electron chi connectivity index (χ0n) is 10.5. The number of nitrogens with zero attached hydrogens (tertiary/aromatic N) is 4. The van der Waals surface area contributed by atoms with E-state index in [0.29, 0.717) is 18.9 Å². The first kappa shape index (κ1) is 13.0. The number of nitrogens with one attached hydrogen (secondary N) is 2. The van der Waals surface area contributed by atoms with Crippen LogP contribution in [0.15, 0.2) is 24.8 Å². The van der Waals surface area contributed by atoms with E-state index in [2.05, 4.69) is 25.8 Å². The summed E-state index contributed by atoms with van der Waals surface area (Å²) in [5, 5.41) is 6.86. The van der Waals surface area contributed by atoms with Gasteiger partial charge in [0, 0.05) is 12.7 Å². The van der Waals surface area contributed by atoms with Gasteiger partial charge in [-0.15, -0.1) is 0 Å². The van der Waals surface area contributed by atoms with Gasteiger partial charge in [-0.1, -0.05) is 0 Å². The SMILES string of the molecule is Cc1cnn(CCNC(=O)c2cncc(NN)n2)c1. The average Bonchev–Trinajstić information content (AvgIpc) is 2.84. The monoisotopic (exact) mass is 261 g/mol. The lowest BCUT2D eigenvalue weighted by atomic mass is 10.4. The molecule has 2 aromatic heterocycles. The molecule has 19 heavy (non-hydrogen) atoms. The van der Waals surface area contributed by atoms with Gasteiger partial charge in [0.1, 0.15) is 5.69 Å². The molecule has 0 bridgehead atoms. The minimum atomic E-state index is -0.298. The summed E-state index contributed by atoms with van der Waals surface area (Å²) < 4.78 is 1.76. The molecule has 0 radical (unpaired) electrons. The van der Waals surface area contributed by atoms with Crippen LogP contribution in [0, 0.1) is 6.92 Å². The summed E-state index contributed by atoms with van der Waals surface area (Å²) in [6.45, 7) is 3.02. The third-order valence-corrected chi connectivity index (χ3v) is 2.40. The van der Waals surface area contributed by atoms with Gasteiger partial charge in [0.2, 0.25) is 0 Å². The molecule has 2 rings (SSSR count). The molecule has 100 valence electrons. The van der Waals surface area contributed by atoms with Gasteiger partial charge in [0.25, 0.3) is 5.91 Å². The molecule has 0 unspecified atom stereocenters. The lowest BCUT2D eigenvalue weighted by Gasteiger charge is -2.05. The minimum absolute atomic E-state index is 0.215. The number of nitrogen functional groups attached to an aromatic ring is 1. The molecule has 1 amide bonds. The summed E-state index contributed by atoms with van der Waals surface area (Å²) in [7, 11) is 0. The van der Waals surface area contributed by atoms with Crippen molar-refractivity contribution in [2.45, 2.75) is 13.5 Å². The molecule has 0 saturated heterocycles. The molecule has 0 spiro atoms. The standard InChI is InChI=1S/C11H15N7O/c1-8-4-15-18(7-8)3-2-14-11(19)9-5-13-6-10(16-9)17-12/h4-7H,2-3,12H2,1H3,(H,14,19)(H,16,17). The van der Waals surface area contributed by atoms with Crippen molar-refractivity contribution in [1.82, 2.24) is 25.1 Å². The third-order valence-electron chi connectivity index (χ3n) is 2.40. The van der Waals surface area contributed by atoms with E-state index in [9.17, 15) is 4.79 Å². The van der Waals surface area contributed by atoms with Crippen molar-refractivity contribution in [3.05, 3.63) is 36.0 Å². The second kappa shape index (κ2) is 5.91. The van der Waals surface area contributed by atoms with Crippen LogP contribution in [0.4, 0.5) is 5.82 Å². The van der Waals surface area contributed by atoms with Gasteiger partial charge in [-0.05, 0) is 12.5 Å². The molecule has 0 aromatic carbocycles. The predicted molar refractivity (Wildman–Crippen MR) is 69.1 cm³/mol. The maximum atomic E-state index is 11.8. The molecule has 0 atom stereocenters. The zero-order chi connectivity index (χ0) is 13.7. The fourth-order valence-corrected chi connectivity index (χ4v) is 1.51. The van der Waals surface area contributed by atoms with Gasteiger partial charge in [0.05, 0.1) is 25.1 Å². The largest absolute Gasteiger partial charge is 0.349 e. The lowest BCUT2D eigenvalue weighted by molar-refractivity contribution is 0.0946. The molecule has 0 saturated carbocycles. The second-order valence-electron chi connectivity index (χ2n) is 3.97. The molecule has 0 aliphatic rings. The summed E-state index contributed by atoms with van der Waals surface area (Å²) in [6, 6.07) is 0. The minimum Gasteiger partial charge on any atom is -0.349 e. The topological polar surface area (TPSA) is 111 Å². The van der Waals surface area contributed by atoms with Crippen molar-refractivity contribution in [1.29, 1.82) is 0 Å². The number of aryl methyl sites for hydroxylation is 1. The number of anilines is 1. The molecule has 8 nitrogen and oxygen atoms in total. The van der Waals surface area contributed by atoms with Crippen molar-refractivity contribution in [3.8, 4) is 0 Å². The molecule has 4 N–H and O–H groups in total. The summed E-state index contributed by atoms with van der Waals surface area (Å²) in [4.78, 5) is 19.6. The Bertz CT molecular complexity index is 566. The molecule has 0 fully saturated rings. The number of amides is 1. The molecule has 8 heteroatoms. The van der Waals surface area contributed by atoms with Gasteiger partial charge >= 0.3 is 0 Å². The van der Waals surface area contributed by atoms with Crippen LogP contribution in [-0.2, 0) is 6.54 Å². The Morgan fingerprint density at radius 2 is 2.26 bits per heavy atom. The first-order chi connectivity index (χ1) is 9.19. The van der Waals surface area contributed by atoms with E-state index in [1.165, 1.54) is 12.4 Å². The van der Waals surface area contributed by atoms with Crippen molar-refractivity contribution < 1.29 is 4.79 Å². The van der Waals surface area contributed by atoms with Crippen LogP contribution in [0.25, 0.3) is 0 Å². The summed E-state index contributed by atoms with van der Waals surface area (Å²) in [6.07, 6.45) is 6.49. The lowest BCUT2D eigenvalue weighted by Crippen LogP contribution is -2.28. The number of hydrogen-bond donors (Lipinski definition) is 3. The van der Waals surface area contributed by atoms with Crippen LogP contribution in [0.1, 0.15) is 16.1 Å². The Balaban J connectivity index is 1.87. The van der Waals surface area contributed by atoms with Crippen molar-refractivity contribution >= 4 is 11.7 Å². The van der Waals surface area contributed by atoms with Gasteiger partial charge in [-0.3, -0.25) is 14.5 Å². The molecular formula is C11H15N7O. The van der Waals surface area contributed by atoms with Crippen LogP contribution in [0.2, 0.25) is 0 Å². The molecule has 2 aromatic rings. The highest BCUT2D eigenvalue weighted by Crippen LogP contribution is 1.99. The van der Waals surface area contributed by atoms with Crippen LogP contribution in [-0.4, -0.2) is 32.2 Å². The third kappa shape index (κ3) is 3.49. The molecule has 2 heterocycles. The Morgan fingerprint density at radius 3 is 2.95 bits per heavy atom. The Labute approximate surface area is 110 Å².